The van der Waals surface area contributed by atoms with E-state index in [0.717, 1.165) is 32.1 Å². The Labute approximate surface area is 72.1 Å². The highest BCUT2D eigenvalue weighted by molar-refractivity contribution is 7.81. The third-order valence-corrected chi connectivity index (χ3v) is 2.67. The van der Waals surface area contributed by atoms with Crippen LogP contribution >= 0.6 is 0 Å². The molecule has 1 fully saturated rings. The minimum absolute atomic E-state index is 0.243. The molecule has 1 aliphatic carbocycles. The Morgan fingerprint density at radius 2 is 1.75 bits per heavy atom. The van der Waals surface area contributed by atoms with Crippen LogP contribution in [0.4, 0.5) is 0 Å². The van der Waals surface area contributed by atoms with E-state index in [9.17, 15) is 8.42 Å². The summed E-state index contributed by atoms with van der Waals surface area (Å²) in [5.41, 5.74) is 0. The van der Waals surface area contributed by atoms with E-state index in [-0.39, 0.29) is 6.10 Å². The molecule has 0 amide bonds. The van der Waals surface area contributed by atoms with E-state index in [4.69, 9.17) is 0 Å². The molecule has 0 bridgehead atoms. The van der Waals surface area contributed by atoms with Crippen LogP contribution in [0, 0.1) is 0 Å². The second-order valence-electron chi connectivity index (χ2n) is 2.86. The van der Waals surface area contributed by atoms with Crippen LogP contribution in [-0.2, 0) is 18.9 Å². The van der Waals surface area contributed by atoms with Gasteiger partial charge in [0.1, 0.15) is 0 Å². The maximum Gasteiger partial charge on any atom is 0.416 e. The van der Waals surface area contributed by atoms with Crippen molar-refractivity contribution in [2.75, 3.05) is 0 Å². The smallest absolute Gasteiger partial charge is 0.244 e. The summed E-state index contributed by atoms with van der Waals surface area (Å²) in [5, 5.41) is 0. The fraction of sp³-hybridized carbons (Fsp3) is 1.00. The van der Waals surface area contributed by atoms with Crippen molar-refractivity contribution in [3.63, 3.8) is 0 Å². The first-order valence-electron chi connectivity index (χ1n) is 3.95. The van der Waals surface area contributed by atoms with Crippen LogP contribution in [0.15, 0.2) is 0 Å². The molecule has 6 heteroatoms. The van der Waals surface area contributed by atoms with Crippen molar-refractivity contribution in [2.45, 2.75) is 38.2 Å². The summed E-state index contributed by atoms with van der Waals surface area (Å²) in [7, 11) is -3.94. The molecule has 0 spiro atoms. The highest BCUT2D eigenvalue weighted by atomic mass is 32.3. The first kappa shape index (κ1) is 9.91. The summed E-state index contributed by atoms with van der Waals surface area (Å²) < 4.78 is 29.7. The number of nitrogens with two attached hydrogens (primary N) is 1. The predicted molar refractivity (Wildman–Crippen MR) is 42.2 cm³/mol. The second-order valence-corrected chi connectivity index (χ2v) is 4.06. The molecular weight excluding hydrogens is 182 g/mol. The summed E-state index contributed by atoms with van der Waals surface area (Å²) in [5.74, 6) is 4.51. The molecule has 0 aliphatic heterocycles. The first-order valence-corrected chi connectivity index (χ1v) is 5.29. The molecule has 2 N–H and O–H groups in total. The topological polar surface area (TPSA) is 78.6 Å². The summed E-state index contributed by atoms with van der Waals surface area (Å²) in [4.78, 5) is 0. The van der Waals surface area contributed by atoms with Gasteiger partial charge in [0.25, 0.3) is 0 Å². The van der Waals surface area contributed by atoms with Gasteiger partial charge in [0.15, 0.2) is 0 Å². The Hall–Kier alpha value is -0.170. The lowest BCUT2D eigenvalue weighted by Crippen LogP contribution is -2.24. The summed E-state index contributed by atoms with van der Waals surface area (Å²) in [6, 6.07) is 0. The Morgan fingerprint density at radius 3 is 2.25 bits per heavy atom. The van der Waals surface area contributed by atoms with Crippen molar-refractivity contribution in [3.8, 4) is 0 Å². The zero-order valence-corrected chi connectivity index (χ0v) is 7.55. The van der Waals surface area contributed by atoms with Crippen LogP contribution in [0.3, 0.4) is 0 Å². The van der Waals surface area contributed by atoms with Gasteiger partial charge in [-0.05, 0) is 12.8 Å². The Morgan fingerprint density at radius 1 is 1.17 bits per heavy atom. The van der Waals surface area contributed by atoms with Crippen LogP contribution < -0.4 is 5.90 Å². The summed E-state index contributed by atoms with van der Waals surface area (Å²) in [6.45, 7) is 0. The molecule has 0 radical (unpaired) electrons. The molecule has 0 saturated heterocycles. The van der Waals surface area contributed by atoms with Gasteiger partial charge in [-0.3, -0.25) is 0 Å². The molecule has 0 aromatic rings. The average Bonchev–Trinajstić information content (AvgIpc) is 2.06. The molecule has 0 heterocycles. The zero-order chi connectivity index (χ0) is 9.03. The van der Waals surface area contributed by atoms with Crippen molar-refractivity contribution < 1.29 is 16.9 Å². The highest BCUT2D eigenvalue weighted by Crippen LogP contribution is 2.21. The molecule has 12 heavy (non-hydrogen) atoms. The fourth-order valence-electron chi connectivity index (χ4n) is 1.35. The van der Waals surface area contributed by atoms with Crippen LogP contribution in [0.1, 0.15) is 32.1 Å². The quantitative estimate of drug-likeness (QED) is 0.662. The first-order chi connectivity index (χ1) is 5.64. The lowest BCUT2D eigenvalue weighted by molar-refractivity contribution is 0.126. The van der Waals surface area contributed by atoms with Gasteiger partial charge < -0.3 is 0 Å². The Balaban J connectivity index is 2.39. The Kier molecular flexibility index (Phi) is 3.45. The van der Waals surface area contributed by atoms with Gasteiger partial charge in [-0.25, -0.2) is 4.18 Å². The molecule has 0 atom stereocenters. The summed E-state index contributed by atoms with van der Waals surface area (Å²) in [6.07, 6.45) is 4.44. The van der Waals surface area contributed by atoms with E-state index >= 15 is 0 Å². The lowest BCUT2D eigenvalue weighted by Gasteiger charge is -2.19. The van der Waals surface area contributed by atoms with E-state index in [1.165, 1.54) is 0 Å². The molecule has 1 rings (SSSR count). The highest BCUT2D eigenvalue weighted by Gasteiger charge is 2.21. The maximum absolute atomic E-state index is 10.7. The van der Waals surface area contributed by atoms with Crippen molar-refractivity contribution in [2.24, 2.45) is 5.90 Å². The van der Waals surface area contributed by atoms with Crippen molar-refractivity contribution >= 4 is 10.4 Å². The Bertz CT molecular complexity index is 220. The largest absolute Gasteiger partial charge is 0.416 e. The van der Waals surface area contributed by atoms with E-state index < -0.39 is 10.4 Å². The number of hydrogen-bond acceptors (Lipinski definition) is 5. The molecule has 1 saturated carbocycles. The van der Waals surface area contributed by atoms with Gasteiger partial charge in [-0.2, -0.15) is 18.6 Å². The van der Waals surface area contributed by atoms with Gasteiger partial charge in [-0.15, -0.1) is 0 Å². The van der Waals surface area contributed by atoms with Crippen molar-refractivity contribution in [3.05, 3.63) is 0 Å². The molecule has 5 nitrogen and oxygen atoms in total. The normalized spacial score (nSPS) is 21.1. The minimum Gasteiger partial charge on any atom is -0.244 e. The van der Waals surface area contributed by atoms with E-state index in [2.05, 4.69) is 14.4 Å². The van der Waals surface area contributed by atoms with Crippen molar-refractivity contribution in [1.82, 2.24) is 0 Å². The minimum atomic E-state index is -3.94. The van der Waals surface area contributed by atoms with Gasteiger partial charge in [0, 0.05) is 0 Å². The van der Waals surface area contributed by atoms with Crippen LogP contribution in [-0.4, -0.2) is 14.5 Å². The van der Waals surface area contributed by atoms with E-state index in [1.54, 1.807) is 0 Å². The van der Waals surface area contributed by atoms with Crippen LogP contribution in [0.2, 0.25) is 0 Å². The van der Waals surface area contributed by atoms with Crippen LogP contribution in [0.5, 0.6) is 0 Å². The maximum atomic E-state index is 10.7. The molecule has 72 valence electrons. The predicted octanol–water partition coefficient (Wildman–Crippen LogP) is 0.471. The van der Waals surface area contributed by atoms with Gasteiger partial charge in [0.05, 0.1) is 6.10 Å². The van der Waals surface area contributed by atoms with Gasteiger partial charge >= 0.3 is 10.4 Å². The monoisotopic (exact) mass is 195 g/mol. The SMILES string of the molecule is NOS(=O)(=O)OC1CCCCC1. The molecule has 0 aromatic carbocycles. The van der Waals surface area contributed by atoms with Gasteiger partial charge in [-0.1, -0.05) is 19.3 Å². The third kappa shape index (κ3) is 3.06. The summed E-state index contributed by atoms with van der Waals surface area (Å²) >= 11 is 0. The van der Waals surface area contributed by atoms with E-state index in [1.807, 2.05) is 0 Å². The second kappa shape index (κ2) is 4.18. The van der Waals surface area contributed by atoms with E-state index in [0.29, 0.717) is 0 Å². The molecule has 0 unspecified atom stereocenters. The molecular formula is C6H13NO4S. The number of rotatable bonds is 3. The average molecular weight is 195 g/mol. The molecule has 1 aliphatic rings. The lowest BCUT2D eigenvalue weighted by atomic mass is 9.98. The fourth-order valence-corrected chi connectivity index (χ4v) is 1.92. The van der Waals surface area contributed by atoms with Crippen LogP contribution in [0.25, 0.3) is 0 Å². The standard InChI is InChI=1S/C6H13NO4S/c7-11-12(8,9)10-6-4-2-1-3-5-6/h6H,1-5,7H2. The number of hydrogen-bond donors (Lipinski definition) is 1. The third-order valence-electron chi connectivity index (χ3n) is 1.92. The zero-order valence-electron chi connectivity index (χ0n) is 6.73. The molecule has 0 aromatic heterocycles. The van der Waals surface area contributed by atoms with Crippen molar-refractivity contribution in [1.29, 1.82) is 0 Å². The van der Waals surface area contributed by atoms with Gasteiger partial charge in [0.2, 0.25) is 0 Å².